The Morgan fingerprint density at radius 1 is 1.10 bits per heavy atom. The van der Waals surface area contributed by atoms with Gasteiger partial charge in [-0.25, -0.2) is 4.98 Å². The van der Waals surface area contributed by atoms with Crippen LogP contribution < -0.4 is 5.32 Å². The predicted octanol–water partition coefficient (Wildman–Crippen LogP) is 4.00. The fourth-order valence-electron chi connectivity index (χ4n) is 3.97. The van der Waals surface area contributed by atoms with Crippen LogP contribution in [0.15, 0.2) is 42.6 Å². The fourth-order valence-corrected chi connectivity index (χ4v) is 3.97. The van der Waals surface area contributed by atoms with Gasteiger partial charge < -0.3 is 5.32 Å². The van der Waals surface area contributed by atoms with Crippen LogP contribution in [-0.4, -0.2) is 45.4 Å². The molecule has 30 heavy (non-hydrogen) atoms. The maximum absolute atomic E-state index is 11.4. The molecule has 1 aliphatic heterocycles. The molecule has 1 N–H and O–H groups in total. The molecule has 0 bridgehead atoms. The molecule has 158 valence electrons. The van der Waals surface area contributed by atoms with E-state index in [9.17, 15) is 10.1 Å². The fraction of sp³-hybridized carbons (Fsp3) is 0.435. The first-order valence-corrected chi connectivity index (χ1v) is 10.5. The SMILES string of the molecule is CC(C)(C)c1ccc(-c2nc3ccc([N+](=O)[O-])cn3c2CN2CCCNCC2)cc1. The number of benzene rings is 1. The molecule has 1 saturated heterocycles. The number of aromatic nitrogens is 2. The van der Waals surface area contributed by atoms with Crippen molar-refractivity contribution in [2.24, 2.45) is 0 Å². The summed E-state index contributed by atoms with van der Waals surface area (Å²) in [7, 11) is 0. The van der Waals surface area contributed by atoms with Gasteiger partial charge in [-0.05, 0) is 36.6 Å². The minimum atomic E-state index is -0.350. The van der Waals surface area contributed by atoms with Gasteiger partial charge in [0.25, 0.3) is 5.69 Å². The molecule has 0 unspecified atom stereocenters. The van der Waals surface area contributed by atoms with Crippen LogP contribution in [0.1, 0.15) is 38.4 Å². The normalized spacial score (nSPS) is 16.0. The van der Waals surface area contributed by atoms with Gasteiger partial charge in [0.2, 0.25) is 0 Å². The number of nitrogens with zero attached hydrogens (tertiary/aromatic N) is 4. The summed E-state index contributed by atoms with van der Waals surface area (Å²) in [6.07, 6.45) is 2.69. The molecule has 1 aromatic carbocycles. The zero-order valence-corrected chi connectivity index (χ0v) is 17.9. The Balaban J connectivity index is 1.80. The molecule has 2 aromatic heterocycles. The van der Waals surface area contributed by atoms with Gasteiger partial charge in [-0.3, -0.25) is 19.4 Å². The summed E-state index contributed by atoms with van der Waals surface area (Å²) in [6, 6.07) is 11.8. The highest BCUT2D eigenvalue weighted by atomic mass is 16.6. The standard InChI is InChI=1S/C23H29N5O2/c1-23(2,3)18-7-5-17(6-8-18)22-20(16-26-13-4-11-24-12-14-26)27-15-19(28(29)30)9-10-21(27)25-22/h5-10,15,24H,4,11-14,16H2,1-3H3. The predicted molar refractivity (Wildman–Crippen MR) is 119 cm³/mol. The molecular weight excluding hydrogens is 378 g/mol. The summed E-state index contributed by atoms with van der Waals surface area (Å²) in [5.74, 6) is 0. The van der Waals surface area contributed by atoms with Crippen LogP contribution >= 0.6 is 0 Å². The van der Waals surface area contributed by atoms with Crippen molar-refractivity contribution < 1.29 is 4.92 Å². The molecule has 1 fully saturated rings. The van der Waals surface area contributed by atoms with Gasteiger partial charge in [0.15, 0.2) is 0 Å². The highest BCUT2D eigenvalue weighted by molar-refractivity contribution is 5.67. The summed E-state index contributed by atoms with van der Waals surface area (Å²) in [5.41, 5.74) is 5.10. The van der Waals surface area contributed by atoms with Crippen molar-refractivity contribution in [1.29, 1.82) is 0 Å². The Kier molecular flexibility index (Phi) is 5.58. The molecule has 0 radical (unpaired) electrons. The van der Waals surface area contributed by atoms with Crippen molar-refractivity contribution in [2.75, 3.05) is 26.2 Å². The minimum Gasteiger partial charge on any atom is -0.315 e. The van der Waals surface area contributed by atoms with Crippen molar-refractivity contribution in [2.45, 2.75) is 39.2 Å². The highest BCUT2D eigenvalue weighted by Gasteiger charge is 2.21. The van der Waals surface area contributed by atoms with Crippen LogP contribution in [0.3, 0.4) is 0 Å². The van der Waals surface area contributed by atoms with Crippen molar-refractivity contribution in [3.63, 3.8) is 0 Å². The van der Waals surface area contributed by atoms with Crippen molar-refractivity contribution in [3.8, 4) is 11.3 Å². The van der Waals surface area contributed by atoms with E-state index < -0.39 is 0 Å². The number of pyridine rings is 1. The summed E-state index contributed by atoms with van der Waals surface area (Å²) in [5, 5.41) is 14.8. The quantitative estimate of drug-likeness (QED) is 0.523. The number of rotatable bonds is 4. The maximum Gasteiger partial charge on any atom is 0.286 e. The maximum atomic E-state index is 11.4. The third kappa shape index (κ3) is 4.22. The van der Waals surface area contributed by atoms with Gasteiger partial charge in [-0.1, -0.05) is 45.0 Å². The first-order valence-electron chi connectivity index (χ1n) is 10.5. The highest BCUT2D eigenvalue weighted by Crippen LogP contribution is 2.30. The number of nitrogens with one attached hydrogen (secondary N) is 1. The molecule has 0 amide bonds. The van der Waals surface area contributed by atoms with E-state index in [0.29, 0.717) is 6.54 Å². The van der Waals surface area contributed by atoms with E-state index >= 15 is 0 Å². The Morgan fingerprint density at radius 3 is 2.57 bits per heavy atom. The van der Waals surface area contributed by atoms with Gasteiger partial charge >= 0.3 is 0 Å². The van der Waals surface area contributed by atoms with Gasteiger partial charge in [-0.2, -0.15) is 0 Å². The van der Waals surface area contributed by atoms with E-state index in [4.69, 9.17) is 4.98 Å². The summed E-state index contributed by atoms with van der Waals surface area (Å²) in [6.45, 7) is 11.2. The van der Waals surface area contributed by atoms with E-state index in [1.54, 1.807) is 12.3 Å². The number of fused-ring (bicyclic) bond motifs is 1. The molecular formula is C23H29N5O2. The monoisotopic (exact) mass is 407 g/mol. The molecule has 7 heteroatoms. The first-order chi connectivity index (χ1) is 14.3. The van der Waals surface area contributed by atoms with Crippen LogP contribution in [0.5, 0.6) is 0 Å². The third-order valence-corrected chi connectivity index (χ3v) is 5.74. The summed E-state index contributed by atoms with van der Waals surface area (Å²) < 4.78 is 1.89. The van der Waals surface area contributed by atoms with Crippen molar-refractivity contribution in [1.82, 2.24) is 19.6 Å². The zero-order valence-electron chi connectivity index (χ0n) is 17.9. The van der Waals surface area contributed by atoms with E-state index in [0.717, 1.165) is 55.2 Å². The second kappa shape index (κ2) is 8.16. The second-order valence-corrected chi connectivity index (χ2v) is 8.99. The molecule has 0 atom stereocenters. The van der Waals surface area contributed by atoms with Gasteiger partial charge in [0, 0.05) is 31.3 Å². The van der Waals surface area contributed by atoms with Crippen LogP contribution in [0.4, 0.5) is 5.69 Å². The average Bonchev–Trinajstić information content (AvgIpc) is 2.87. The number of imidazole rings is 1. The molecule has 7 nitrogen and oxygen atoms in total. The molecule has 0 spiro atoms. The summed E-state index contributed by atoms with van der Waals surface area (Å²) in [4.78, 5) is 18.3. The minimum absolute atomic E-state index is 0.0771. The van der Waals surface area contributed by atoms with Crippen LogP contribution in [0, 0.1) is 10.1 Å². The number of hydrogen-bond donors (Lipinski definition) is 1. The lowest BCUT2D eigenvalue weighted by Gasteiger charge is -2.21. The Labute approximate surface area is 176 Å². The summed E-state index contributed by atoms with van der Waals surface area (Å²) >= 11 is 0. The lowest BCUT2D eigenvalue weighted by molar-refractivity contribution is -0.385. The second-order valence-electron chi connectivity index (χ2n) is 8.99. The van der Waals surface area contributed by atoms with Crippen LogP contribution in [0.2, 0.25) is 0 Å². The van der Waals surface area contributed by atoms with Crippen LogP contribution in [-0.2, 0) is 12.0 Å². The van der Waals surface area contributed by atoms with E-state index in [1.807, 2.05) is 4.40 Å². The van der Waals surface area contributed by atoms with Crippen molar-refractivity contribution >= 4 is 11.3 Å². The van der Waals surface area contributed by atoms with E-state index in [2.05, 4.69) is 55.3 Å². The smallest absolute Gasteiger partial charge is 0.286 e. The van der Waals surface area contributed by atoms with Crippen LogP contribution in [0.25, 0.3) is 16.9 Å². The Hall–Kier alpha value is -2.77. The number of hydrogen-bond acceptors (Lipinski definition) is 5. The van der Waals surface area contributed by atoms with Crippen molar-refractivity contribution in [3.05, 3.63) is 64.0 Å². The first kappa shape index (κ1) is 20.5. The van der Waals surface area contributed by atoms with E-state index in [-0.39, 0.29) is 16.0 Å². The molecule has 3 aromatic rings. The van der Waals surface area contributed by atoms with Gasteiger partial charge in [-0.15, -0.1) is 0 Å². The van der Waals surface area contributed by atoms with E-state index in [1.165, 1.54) is 11.6 Å². The molecule has 0 saturated carbocycles. The number of nitro groups is 1. The lowest BCUT2D eigenvalue weighted by Crippen LogP contribution is -2.28. The van der Waals surface area contributed by atoms with Gasteiger partial charge in [0.05, 0.1) is 22.5 Å². The Bertz CT molecular complexity index is 1040. The lowest BCUT2D eigenvalue weighted by atomic mass is 9.86. The largest absolute Gasteiger partial charge is 0.315 e. The zero-order chi connectivity index (χ0) is 21.3. The average molecular weight is 408 g/mol. The molecule has 4 rings (SSSR count). The molecule has 0 aliphatic carbocycles. The third-order valence-electron chi connectivity index (χ3n) is 5.74. The molecule has 3 heterocycles. The van der Waals surface area contributed by atoms with Gasteiger partial charge in [0.1, 0.15) is 5.65 Å². The molecule has 1 aliphatic rings. The topological polar surface area (TPSA) is 75.7 Å². The Morgan fingerprint density at radius 2 is 1.87 bits per heavy atom.